The SMILES string of the molecule is CC(C)CNC(=CC(=O)C(C)(C)C)C(C)(C)C. The minimum Gasteiger partial charge on any atom is -0.388 e. The number of nitrogens with one attached hydrogen (secondary N) is 1. The summed E-state index contributed by atoms with van der Waals surface area (Å²) in [5, 5.41) is 3.40. The fraction of sp³-hybridized carbons (Fsp3) is 0.800. The molecule has 0 bridgehead atoms. The second kappa shape index (κ2) is 5.70. The summed E-state index contributed by atoms with van der Waals surface area (Å²) in [5.74, 6) is 0.754. The van der Waals surface area contributed by atoms with E-state index in [4.69, 9.17) is 0 Å². The predicted octanol–water partition coefficient (Wildman–Crippen LogP) is 3.78. The van der Waals surface area contributed by atoms with E-state index in [9.17, 15) is 4.79 Å². The Labute approximate surface area is 107 Å². The zero-order valence-electron chi connectivity index (χ0n) is 12.8. The standard InChI is InChI=1S/C15H29NO/c1-11(2)10-16-12(14(3,4)5)9-13(17)15(6,7)8/h9,11,16H,10H2,1-8H3. The molecule has 0 aromatic heterocycles. The molecule has 0 saturated heterocycles. The normalized spacial score (nSPS) is 14.1. The second-order valence-electron chi connectivity index (χ2n) is 7.20. The first-order valence-corrected chi connectivity index (χ1v) is 6.45. The molecule has 0 aliphatic rings. The summed E-state index contributed by atoms with van der Waals surface area (Å²) >= 11 is 0. The Morgan fingerprint density at radius 2 is 1.53 bits per heavy atom. The molecule has 0 spiro atoms. The van der Waals surface area contributed by atoms with E-state index in [1.54, 1.807) is 6.08 Å². The summed E-state index contributed by atoms with van der Waals surface area (Å²) in [6.07, 6.45) is 1.78. The monoisotopic (exact) mass is 239 g/mol. The maximum Gasteiger partial charge on any atom is 0.162 e. The Bertz CT molecular complexity index is 287. The van der Waals surface area contributed by atoms with Gasteiger partial charge in [-0.1, -0.05) is 55.4 Å². The van der Waals surface area contributed by atoms with Gasteiger partial charge in [-0.2, -0.15) is 0 Å². The van der Waals surface area contributed by atoms with Gasteiger partial charge in [0.2, 0.25) is 0 Å². The summed E-state index contributed by atoms with van der Waals surface area (Å²) in [4.78, 5) is 12.0. The number of allylic oxidation sites excluding steroid dienone is 2. The van der Waals surface area contributed by atoms with Gasteiger partial charge in [0, 0.05) is 29.1 Å². The molecule has 1 N–H and O–H groups in total. The van der Waals surface area contributed by atoms with Crippen LogP contribution in [0.4, 0.5) is 0 Å². The lowest BCUT2D eigenvalue weighted by atomic mass is 9.85. The van der Waals surface area contributed by atoms with Crippen molar-refractivity contribution in [1.29, 1.82) is 0 Å². The van der Waals surface area contributed by atoms with Crippen molar-refractivity contribution in [2.75, 3.05) is 6.54 Å². The van der Waals surface area contributed by atoms with Crippen LogP contribution in [-0.4, -0.2) is 12.3 Å². The van der Waals surface area contributed by atoms with Crippen molar-refractivity contribution >= 4 is 5.78 Å². The van der Waals surface area contributed by atoms with Crippen LogP contribution >= 0.6 is 0 Å². The summed E-state index contributed by atoms with van der Waals surface area (Å²) in [6, 6.07) is 0. The quantitative estimate of drug-likeness (QED) is 0.756. The first kappa shape index (κ1) is 16.2. The van der Waals surface area contributed by atoms with Gasteiger partial charge < -0.3 is 5.32 Å². The molecular formula is C15H29NO. The lowest BCUT2D eigenvalue weighted by Crippen LogP contribution is -2.30. The number of hydrogen-bond donors (Lipinski definition) is 1. The van der Waals surface area contributed by atoms with E-state index >= 15 is 0 Å². The van der Waals surface area contributed by atoms with Crippen molar-refractivity contribution in [3.05, 3.63) is 11.8 Å². The van der Waals surface area contributed by atoms with Crippen LogP contribution in [0.1, 0.15) is 55.4 Å². The Balaban J connectivity index is 4.94. The van der Waals surface area contributed by atoms with Crippen LogP contribution in [0, 0.1) is 16.7 Å². The van der Waals surface area contributed by atoms with E-state index in [1.165, 1.54) is 0 Å². The zero-order valence-corrected chi connectivity index (χ0v) is 12.8. The molecule has 100 valence electrons. The highest BCUT2D eigenvalue weighted by molar-refractivity contribution is 5.94. The highest BCUT2D eigenvalue weighted by Crippen LogP contribution is 2.25. The molecule has 0 aromatic carbocycles. The molecule has 0 radical (unpaired) electrons. The van der Waals surface area contributed by atoms with Crippen molar-refractivity contribution in [2.45, 2.75) is 55.4 Å². The third kappa shape index (κ3) is 6.50. The van der Waals surface area contributed by atoms with Gasteiger partial charge in [-0.3, -0.25) is 4.79 Å². The van der Waals surface area contributed by atoms with Gasteiger partial charge in [0.05, 0.1) is 0 Å². The second-order valence-corrected chi connectivity index (χ2v) is 7.20. The smallest absolute Gasteiger partial charge is 0.162 e. The van der Waals surface area contributed by atoms with Gasteiger partial charge in [-0.05, 0) is 5.92 Å². The van der Waals surface area contributed by atoms with Crippen LogP contribution in [0.3, 0.4) is 0 Å². The average molecular weight is 239 g/mol. The molecule has 2 nitrogen and oxygen atoms in total. The summed E-state index contributed by atoms with van der Waals surface area (Å²) < 4.78 is 0. The molecule has 0 heterocycles. The van der Waals surface area contributed by atoms with Crippen LogP contribution in [0.5, 0.6) is 0 Å². The molecule has 0 rings (SSSR count). The van der Waals surface area contributed by atoms with Gasteiger partial charge >= 0.3 is 0 Å². The minimum atomic E-state index is -0.310. The summed E-state index contributed by atoms with van der Waals surface area (Å²) in [5.41, 5.74) is 0.706. The lowest BCUT2D eigenvalue weighted by molar-refractivity contribution is -0.121. The summed E-state index contributed by atoms with van der Waals surface area (Å²) in [7, 11) is 0. The van der Waals surface area contributed by atoms with Crippen LogP contribution in [-0.2, 0) is 4.79 Å². The van der Waals surface area contributed by atoms with Gasteiger partial charge in [0.1, 0.15) is 0 Å². The molecule has 2 heteroatoms. The van der Waals surface area contributed by atoms with E-state index in [-0.39, 0.29) is 16.6 Å². The number of hydrogen-bond acceptors (Lipinski definition) is 2. The minimum absolute atomic E-state index is 0.0181. The Hall–Kier alpha value is -0.790. The van der Waals surface area contributed by atoms with Gasteiger partial charge in [-0.25, -0.2) is 0 Å². The van der Waals surface area contributed by atoms with E-state index in [0.717, 1.165) is 12.2 Å². The Morgan fingerprint density at radius 3 is 1.82 bits per heavy atom. The topological polar surface area (TPSA) is 29.1 Å². The Morgan fingerprint density at radius 1 is 1.06 bits per heavy atom. The Kier molecular flexibility index (Phi) is 5.44. The van der Waals surface area contributed by atoms with Crippen molar-refractivity contribution < 1.29 is 4.79 Å². The first-order chi connectivity index (χ1) is 7.44. The molecule has 17 heavy (non-hydrogen) atoms. The first-order valence-electron chi connectivity index (χ1n) is 6.45. The van der Waals surface area contributed by atoms with Crippen molar-refractivity contribution in [2.24, 2.45) is 16.7 Å². The lowest BCUT2D eigenvalue weighted by Gasteiger charge is -2.26. The number of rotatable bonds is 4. The molecular weight excluding hydrogens is 210 g/mol. The third-order valence-corrected chi connectivity index (χ3v) is 2.52. The number of carbonyl (C=O) groups is 1. The van der Waals surface area contributed by atoms with Crippen molar-refractivity contribution in [3.63, 3.8) is 0 Å². The fourth-order valence-electron chi connectivity index (χ4n) is 1.19. The van der Waals surface area contributed by atoms with Gasteiger partial charge in [-0.15, -0.1) is 0 Å². The number of carbonyl (C=O) groups excluding carboxylic acids is 1. The molecule has 0 saturated carbocycles. The fourth-order valence-corrected chi connectivity index (χ4v) is 1.19. The molecule has 0 aromatic rings. The number of ketones is 1. The molecule has 0 unspecified atom stereocenters. The van der Waals surface area contributed by atoms with Crippen molar-refractivity contribution in [1.82, 2.24) is 5.32 Å². The zero-order chi connectivity index (χ0) is 13.9. The molecule has 0 fully saturated rings. The van der Waals surface area contributed by atoms with Crippen LogP contribution < -0.4 is 5.32 Å². The highest BCUT2D eigenvalue weighted by atomic mass is 16.1. The maximum absolute atomic E-state index is 12.0. The third-order valence-electron chi connectivity index (χ3n) is 2.52. The summed E-state index contributed by atoms with van der Waals surface area (Å²) in [6.45, 7) is 17.5. The molecule has 0 aliphatic carbocycles. The van der Waals surface area contributed by atoms with E-state index in [2.05, 4.69) is 39.9 Å². The van der Waals surface area contributed by atoms with Gasteiger partial charge in [0.15, 0.2) is 5.78 Å². The van der Waals surface area contributed by atoms with Crippen molar-refractivity contribution in [3.8, 4) is 0 Å². The van der Waals surface area contributed by atoms with Crippen LogP contribution in [0.15, 0.2) is 11.8 Å². The predicted molar refractivity (Wildman–Crippen MR) is 74.8 cm³/mol. The van der Waals surface area contributed by atoms with E-state index < -0.39 is 0 Å². The average Bonchev–Trinajstić information content (AvgIpc) is 2.07. The van der Waals surface area contributed by atoms with E-state index in [0.29, 0.717) is 5.92 Å². The van der Waals surface area contributed by atoms with Gasteiger partial charge in [0.25, 0.3) is 0 Å². The molecule has 0 amide bonds. The molecule has 0 atom stereocenters. The van der Waals surface area contributed by atoms with E-state index in [1.807, 2.05) is 20.8 Å². The van der Waals surface area contributed by atoms with Crippen LogP contribution in [0.25, 0.3) is 0 Å². The maximum atomic E-state index is 12.0. The van der Waals surface area contributed by atoms with Crippen LogP contribution in [0.2, 0.25) is 0 Å². The largest absolute Gasteiger partial charge is 0.388 e. The molecule has 0 aliphatic heterocycles. The highest BCUT2D eigenvalue weighted by Gasteiger charge is 2.23.